The second-order valence-electron chi connectivity index (χ2n) is 6.04. The van der Waals surface area contributed by atoms with E-state index in [0.717, 1.165) is 0 Å². The Kier molecular flexibility index (Phi) is 4.24. The summed E-state index contributed by atoms with van der Waals surface area (Å²) in [5.41, 5.74) is -0.557. The molecule has 5 heteroatoms. The van der Waals surface area contributed by atoms with Crippen LogP contribution in [0.2, 0.25) is 0 Å². The van der Waals surface area contributed by atoms with E-state index in [4.69, 9.17) is 4.74 Å². The molecule has 1 N–H and O–H groups in total. The molecule has 1 amide bonds. The molecule has 1 aliphatic rings. The lowest BCUT2D eigenvalue weighted by molar-refractivity contribution is -0.147. The smallest absolute Gasteiger partial charge is 0.410 e. The molecule has 1 heterocycles. The average Bonchev–Trinajstić information content (AvgIpc) is 2.13. The number of hydrogen-bond donors (Lipinski definition) is 1. The summed E-state index contributed by atoms with van der Waals surface area (Å²) >= 11 is 0. The normalized spacial score (nSPS) is 28.9. The first-order chi connectivity index (χ1) is 8.13. The molecule has 0 aromatic rings. The van der Waals surface area contributed by atoms with Gasteiger partial charge in [0.05, 0.1) is 5.92 Å². The van der Waals surface area contributed by atoms with Gasteiger partial charge in [-0.1, -0.05) is 6.92 Å². The van der Waals surface area contributed by atoms with Crippen LogP contribution >= 0.6 is 0 Å². The lowest BCUT2D eigenvalue weighted by Crippen LogP contribution is -2.53. The van der Waals surface area contributed by atoms with Crippen LogP contribution in [-0.4, -0.2) is 40.3 Å². The quantitative estimate of drug-likeness (QED) is 0.783. The number of likely N-dealkylation sites (tertiary alicyclic amines) is 1. The number of nitrogens with zero attached hydrogens (tertiary/aromatic N) is 1. The highest BCUT2D eigenvalue weighted by Crippen LogP contribution is 2.30. The molecule has 1 aliphatic heterocycles. The van der Waals surface area contributed by atoms with Crippen molar-refractivity contribution in [3.63, 3.8) is 0 Å². The highest BCUT2D eigenvalue weighted by molar-refractivity contribution is 5.74. The monoisotopic (exact) mass is 257 g/mol. The predicted octanol–water partition coefficient (Wildman–Crippen LogP) is 2.35. The summed E-state index contributed by atoms with van der Waals surface area (Å²) in [7, 11) is 0. The Balaban J connectivity index is 2.79. The average molecular weight is 257 g/mol. The fraction of sp³-hybridized carbons (Fsp3) is 0.846. The molecule has 1 rings (SSSR count). The topological polar surface area (TPSA) is 66.8 Å². The van der Waals surface area contributed by atoms with Crippen LogP contribution in [0.25, 0.3) is 0 Å². The van der Waals surface area contributed by atoms with Crippen molar-refractivity contribution in [3.8, 4) is 0 Å². The Morgan fingerprint density at radius 3 is 2.28 bits per heavy atom. The van der Waals surface area contributed by atoms with E-state index in [1.165, 1.54) is 4.90 Å². The Labute approximate surface area is 108 Å². The zero-order valence-corrected chi connectivity index (χ0v) is 11.8. The van der Waals surface area contributed by atoms with Crippen LogP contribution in [0, 0.1) is 11.8 Å². The number of hydrogen-bond acceptors (Lipinski definition) is 3. The lowest BCUT2D eigenvalue weighted by atomic mass is 9.81. The third kappa shape index (κ3) is 3.37. The molecule has 0 aromatic carbocycles. The maximum absolute atomic E-state index is 12.0. The molecule has 0 aliphatic carbocycles. The van der Waals surface area contributed by atoms with Crippen molar-refractivity contribution in [3.05, 3.63) is 0 Å². The molecule has 1 saturated heterocycles. The summed E-state index contributed by atoms with van der Waals surface area (Å²) in [5, 5.41) is 9.23. The SMILES string of the molecule is C[C@@H]1CCN(C(=O)OC(C)(C)C)[C@H](C)[C@@H]1C(=O)O. The minimum absolute atomic E-state index is 0.0798. The lowest BCUT2D eigenvalue weighted by Gasteiger charge is -2.41. The number of aliphatic carboxylic acids is 1. The number of amides is 1. The van der Waals surface area contributed by atoms with E-state index in [2.05, 4.69) is 0 Å². The van der Waals surface area contributed by atoms with Gasteiger partial charge in [0, 0.05) is 12.6 Å². The van der Waals surface area contributed by atoms with Crippen LogP contribution in [0.3, 0.4) is 0 Å². The summed E-state index contributed by atoms with van der Waals surface area (Å²) < 4.78 is 5.30. The van der Waals surface area contributed by atoms with Crippen molar-refractivity contribution in [2.45, 2.75) is 52.7 Å². The molecule has 1 fully saturated rings. The molecule has 0 radical (unpaired) electrons. The number of carboxylic acid groups (broad SMARTS) is 1. The molecule has 0 saturated carbocycles. The summed E-state index contributed by atoms with van der Waals surface area (Å²) in [5.74, 6) is -1.29. The van der Waals surface area contributed by atoms with Gasteiger partial charge in [-0.25, -0.2) is 4.79 Å². The van der Waals surface area contributed by atoms with Crippen molar-refractivity contribution < 1.29 is 19.4 Å². The highest BCUT2D eigenvalue weighted by atomic mass is 16.6. The van der Waals surface area contributed by atoms with Crippen molar-refractivity contribution in [2.24, 2.45) is 11.8 Å². The minimum Gasteiger partial charge on any atom is -0.481 e. The van der Waals surface area contributed by atoms with Gasteiger partial charge in [0.15, 0.2) is 0 Å². The number of ether oxygens (including phenoxy) is 1. The maximum Gasteiger partial charge on any atom is 0.410 e. The molecule has 3 atom stereocenters. The van der Waals surface area contributed by atoms with Gasteiger partial charge in [0.1, 0.15) is 5.60 Å². The Bertz CT molecular complexity index is 334. The number of piperidine rings is 1. The van der Waals surface area contributed by atoms with Crippen LogP contribution in [-0.2, 0) is 9.53 Å². The van der Waals surface area contributed by atoms with E-state index in [1.54, 1.807) is 27.7 Å². The molecule has 0 bridgehead atoms. The van der Waals surface area contributed by atoms with Gasteiger partial charge < -0.3 is 14.7 Å². The van der Waals surface area contributed by atoms with Crippen molar-refractivity contribution in [1.29, 1.82) is 0 Å². The second-order valence-corrected chi connectivity index (χ2v) is 6.04. The highest BCUT2D eigenvalue weighted by Gasteiger charge is 2.41. The fourth-order valence-corrected chi connectivity index (χ4v) is 2.42. The van der Waals surface area contributed by atoms with Gasteiger partial charge >= 0.3 is 12.1 Å². The number of carboxylic acids is 1. The first-order valence-electron chi connectivity index (χ1n) is 6.36. The molecular formula is C13H23NO4. The van der Waals surface area contributed by atoms with Crippen molar-refractivity contribution >= 4 is 12.1 Å². The van der Waals surface area contributed by atoms with E-state index in [1.807, 2.05) is 6.92 Å². The van der Waals surface area contributed by atoms with Gasteiger partial charge in [-0.05, 0) is 40.0 Å². The second kappa shape index (κ2) is 5.16. The van der Waals surface area contributed by atoms with Gasteiger partial charge in [-0.3, -0.25) is 4.79 Å². The summed E-state index contributed by atoms with van der Waals surface area (Å²) in [6.45, 7) is 9.66. The zero-order chi connectivity index (χ0) is 14.1. The van der Waals surface area contributed by atoms with Crippen molar-refractivity contribution in [1.82, 2.24) is 4.90 Å². The number of carbonyl (C=O) groups is 2. The number of carbonyl (C=O) groups excluding carboxylic acids is 1. The summed E-state index contributed by atoms with van der Waals surface area (Å²) in [6.07, 6.45) is 0.272. The molecular weight excluding hydrogens is 234 g/mol. The van der Waals surface area contributed by atoms with E-state index in [9.17, 15) is 14.7 Å². The molecule has 18 heavy (non-hydrogen) atoms. The Morgan fingerprint density at radius 1 is 1.28 bits per heavy atom. The first kappa shape index (κ1) is 14.8. The fourth-order valence-electron chi connectivity index (χ4n) is 2.42. The largest absolute Gasteiger partial charge is 0.481 e. The third-order valence-electron chi connectivity index (χ3n) is 3.36. The van der Waals surface area contributed by atoms with E-state index in [-0.39, 0.29) is 12.0 Å². The van der Waals surface area contributed by atoms with Gasteiger partial charge in [0.25, 0.3) is 0 Å². The van der Waals surface area contributed by atoms with Crippen LogP contribution in [0.1, 0.15) is 41.0 Å². The minimum atomic E-state index is -0.844. The van der Waals surface area contributed by atoms with Crippen LogP contribution in [0.5, 0.6) is 0 Å². The standard InChI is InChI=1S/C13H23NO4/c1-8-6-7-14(9(2)10(8)11(15)16)12(17)18-13(3,4)5/h8-10H,6-7H2,1-5H3,(H,15,16)/t8-,9-,10-/m1/s1. The molecule has 104 valence electrons. The molecule has 0 aromatic heterocycles. The predicted molar refractivity (Wildman–Crippen MR) is 67.3 cm³/mol. The Hall–Kier alpha value is -1.26. The van der Waals surface area contributed by atoms with Crippen LogP contribution in [0.4, 0.5) is 4.79 Å². The third-order valence-corrected chi connectivity index (χ3v) is 3.36. The summed E-state index contributed by atoms with van der Waals surface area (Å²) in [4.78, 5) is 24.8. The summed E-state index contributed by atoms with van der Waals surface area (Å²) in [6, 6.07) is -0.332. The van der Waals surface area contributed by atoms with Crippen LogP contribution in [0.15, 0.2) is 0 Å². The Morgan fingerprint density at radius 2 is 1.83 bits per heavy atom. The first-order valence-corrected chi connectivity index (χ1v) is 6.36. The van der Waals surface area contributed by atoms with Crippen LogP contribution < -0.4 is 0 Å². The van der Waals surface area contributed by atoms with E-state index < -0.39 is 23.6 Å². The van der Waals surface area contributed by atoms with E-state index >= 15 is 0 Å². The van der Waals surface area contributed by atoms with Crippen molar-refractivity contribution in [2.75, 3.05) is 6.54 Å². The van der Waals surface area contributed by atoms with Gasteiger partial charge in [-0.15, -0.1) is 0 Å². The molecule has 5 nitrogen and oxygen atoms in total. The molecule has 0 unspecified atom stereocenters. The van der Waals surface area contributed by atoms with Gasteiger partial charge in [-0.2, -0.15) is 0 Å². The van der Waals surface area contributed by atoms with E-state index in [0.29, 0.717) is 13.0 Å². The zero-order valence-electron chi connectivity index (χ0n) is 11.8. The van der Waals surface area contributed by atoms with Gasteiger partial charge in [0.2, 0.25) is 0 Å². The maximum atomic E-state index is 12.0. The number of rotatable bonds is 1. The molecule has 0 spiro atoms.